The first kappa shape index (κ1) is 18.0. The highest BCUT2D eigenvalue weighted by atomic mass is 16.2. The summed E-state index contributed by atoms with van der Waals surface area (Å²) in [6.45, 7) is 0.794. The maximum absolute atomic E-state index is 13.5. The van der Waals surface area contributed by atoms with E-state index in [1.54, 1.807) is 18.3 Å². The average Bonchev–Trinajstić information content (AvgIpc) is 3.34. The van der Waals surface area contributed by atoms with E-state index in [0.29, 0.717) is 29.3 Å². The van der Waals surface area contributed by atoms with Gasteiger partial charge < -0.3 is 4.90 Å². The minimum Gasteiger partial charge on any atom is -0.335 e. The molecule has 0 radical (unpaired) electrons. The van der Waals surface area contributed by atoms with Crippen molar-refractivity contribution in [3.05, 3.63) is 66.1 Å². The van der Waals surface area contributed by atoms with Crippen LogP contribution in [0.3, 0.4) is 0 Å². The van der Waals surface area contributed by atoms with Gasteiger partial charge in [-0.1, -0.05) is 43.2 Å². The number of amides is 1. The number of benzene rings is 1. The van der Waals surface area contributed by atoms with Gasteiger partial charge >= 0.3 is 0 Å². The zero-order valence-electron chi connectivity index (χ0n) is 16.3. The summed E-state index contributed by atoms with van der Waals surface area (Å²) in [5, 5.41) is 11.2. The number of rotatable bonds is 3. The Bertz CT molecular complexity index is 974. The molecule has 0 unspecified atom stereocenters. The third-order valence-corrected chi connectivity index (χ3v) is 6.44. The molecule has 29 heavy (non-hydrogen) atoms. The number of nitrogens with zero attached hydrogens (tertiary/aromatic N) is 6. The van der Waals surface area contributed by atoms with Crippen molar-refractivity contribution in [2.24, 2.45) is 5.92 Å². The Hall–Kier alpha value is -3.09. The molecule has 1 aliphatic carbocycles. The lowest BCUT2D eigenvalue weighted by Crippen LogP contribution is -2.52. The van der Waals surface area contributed by atoms with Crippen LogP contribution in [0.5, 0.6) is 0 Å². The van der Waals surface area contributed by atoms with Gasteiger partial charge in [0, 0.05) is 24.3 Å². The Morgan fingerprint density at radius 2 is 1.90 bits per heavy atom. The van der Waals surface area contributed by atoms with E-state index in [1.165, 1.54) is 35.8 Å². The van der Waals surface area contributed by atoms with E-state index >= 15 is 0 Å². The van der Waals surface area contributed by atoms with Gasteiger partial charge in [0.25, 0.3) is 5.91 Å². The van der Waals surface area contributed by atoms with Gasteiger partial charge in [0.05, 0.1) is 0 Å². The highest BCUT2D eigenvalue weighted by molar-refractivity contribution is 5.94. The molecule has 1 saturated carbocycles. The molecule has 0 N–H and O–H groups in total. The fraction of sp³-hybridized carbons (Fsp3) is 0.409. The molecule has 1 saturated heterocycles. The van der Waals surface area contributed by atoms with Gasteiger partial charge in [-0.15, -0.1) is 5.10 Å². The summed E-state index contributed by atoms with van der Waals surface area (Å²) < 4.78 is 1.47. The van der Waals surface area contributed by atoms with Gasteiger partial charge in [-0.2, -0.15) is 4.68 Å². The van der Waals surface area contributed by atoms with E-state index in [4.69, 9.17) is 0 Å². The highest BCUT2D eigenvalue weighted by Gasteiger charge is 2.41. The molecular formula is C22H24N6O. The SMILES string of the molecule is O=C(c1ccnc(-n2cnnn2)c1)N1CC[C@H](c2ccccc2)[C@H]2CCCC[C@H]21. The van der Waals surface area contributed by atoms with Crippen LogP contribution >= 0.6 is 0 Å². The van der Waals surface area contributed by atoms with Crippen LogP contribution < -0.4 is 0 Å². The molecule has 2 aliphatic rings. The van der Waals surface area contributed by atoms with Crippen molar-refractivity contribution in [2.45, 2.75) is 44.1 Å². The molecule has 3 aromatic rings. The number of tetrazole rings is 1. The summed E-state index contributed by atoms with van der Waals surface area (Å²) in [6.07, 6.45) is 8.88. The summed E-state index contributed by atoms with van der Waals surface area (Å²) in [5.41, 5.74) is 2.06. The van der Waals surface area contributed by atoms with Gasteiger partial charge in [-0.25, -0.2) is 4.98 Å². The molecule has 3 atom stereocenters. The first-order chi connectivity index (χ1) is 14.3. The second kappa shape index (κ2) is 7.73. The van der Waals surface area contributed by atoms with E-state index in [1.807, 2.05) is 0 Å². The van der Waals surface area contributed by atoms with Gasteiger partial charge in [-0.3, -0.25) is 4.79 Å². The number of carbonyl (C=O) groups excluding carboxylic acids is 1. The Labute approximate surface area is 169 Å². The standard InChI is InChI=1S/C22H24N6O/c29-22(17-10-12-23-21(14-17)28-15-24-25-26-28)27-13-11-18(16-6-2-1-3-7-16)19-8-4-5-9-20(19)27/h1-3,6-7,10,12,14-15,18-20H,4-5,8-9,11,13H2/t18-,19-,20-/m1/s1. The fourth-order valence-corrected chi connectivity index (χ4v) is 5.13. The minimum absolute atomic E-state index is 0.0881. The average molecular weight is 388 g/mol. The van der Waals surface area contributed by atoms with Gasteiger partial charge in [-0.05, 0) is 59.2 Å². The minimum atomic E-state index is 0.0881. The third-order valence-electron chi connectivity index (χ3n) is 6.44. The monoisotopic (exact) mass is 388 g/mol. The summed E-state index contributed by atoms with van der Waals surface area (Å²) in [4.78, 5) is 19.9. The molecule has 1 aromatic carbocycles. The maximum atomic E-state index is 13.5. The van der Waals surface area contributed by atoms with Gasteiger partial charge in [0.1, 0.15) is 6.33 Å². The summed E-state index contributed by atoms with van der Waals surface area (Å²) in [5.74, 6) is 1.72. The number of aromatic nitrogens is 5. The number of fused-ring (bicyclic) bond motifs is 1. The second-order valence-electron chi connectivity index (χ2n) is 7.98. The number of carbonyl (C=O) groups is 1. The van der Waals surface area contributed by atoms with Crippen molar-refractivity contribution in [1.82, 2.24) is 30.1 Å². The Kier molecular flexibility index (Phi) is 4.79. The number of hydrogen-bond acceptors (Lipinski definition) is 5. The predicted molar refractivity (Wildman–Crippen MR) is 108 cm³/mol. The topological polar surface area (TPSA) is 76.8 Å². The predicted octanol–water partition coefficient (Wildman–Crippen LogP) is 3.25. The van der Waals surface area contributed by atoms with E-state index in [9.17, 15) is 4.79 Å². The normalized spacial score (nSPS) is 24.1. The van der Waals surface area contributed by atoms with E-state index in [0.717, 1.165) is 19.4 Å². The molecule has 2 aromatic heterocycles. The fourth-order valence-electron chi connectivity index (χ4n) is 5.13. The Balaban J connectivity index is 1.41. The highest BCUT2D eigenvalue weighted by Crippen LogP contribution is 2.44. The third kappa shape index (κ3) is 3.41. The lowest BCUT2D eigenvalue weighted by Gasteiger charge is -2.48. The van der Waals surface area contributed by atoms with Crippen molar-refractivity contribution < 1.29 is 4.79 Å². The smallest absolute Gasteiger partial charge is 0.254 e. The zero-order chi connectivity index (χ0) is 19.6. The molecule has 2 fully saturated rings. The zero-order valence-corrected chi connectivity index (χ0v) is 16.3. The molecule has 148 valence electrons. The molecule has 7 nitrogen and oxygen atoms in total. The number of hydrogen-bond donors (Lipinski definition) is 0. The lowest BCUT2D eigenvalue weighted by molar-refractivity contribution is 0.0319. The van der Waals surface area contributed by atoms with Crippen LogP contribution in [-0.2, 0) is 0 Å². The molecular weight excluding hydrogens is 364 g/mol. The lowest BCUT2D eigenvalue weighted by atomic mass is 9.69. The summed E-state index contributed by atoms with van der Waals surface area (Å²) in [6, 6.07) is 14.7. The van der Waals surface area contributed by atoms with Crippen molar-refractivity contribution in [3.63, 3.8) is 0 Å². The van der Waals surface area contributed by atoms with E-state index in [2.05, 4.69) is 55.7 Å². The summed E-state index contributed by atoms with van der Waals surface area (Å²) >= 11 is 0. The van der Waals surface area contributed by atoms with Crippen LogP contribution in [0.4, 0.5) is 0 Å². The largest absolute Gasteiger partial charge is 0.335 e. The van der Waals surface area contributed by atoms with Crippen molar-refractivity contribution in [3.8, 4) is 5.82 Å². The molecule has 3 heterocycles. The molecule has 0 bridgehead atoms. The second-order valence-corrected chi connectivity index (χ2v) is 7.98. The number of piperidine rings is 1. The van der Waals surface area contributed by atoms with Crippen molar-refractivity contribution in [2.75, 3.05) is 6.54 Å². The Morgan fingerprint density at radius 3 is 2.72 bits per heavy atom. The number of likely N-dealkylation sites (tertiary alicyclic amines) is 1. The molecule has 7 heteroatoms. The van der Waals surface area contributed by atoms with E-state index < -0.39 is 0 Å². The van der Waals surface area contributed by atoms with Crippen molar-refractivity contribution >= 4 is 5.91 Å². The number of pyridine rings is 1. The van der Waals surface area contributed by atoms with Crippen LogP contribution in [0.15, 0.2) is 55.0 Å². The first-order valence-corrected chi connectivity index (χ1v) is 10.4. The van der Waals surface area contributed by atoms with E-state index in [-0.39, 0.29) is 5.91 Å². The van der Waals surface area contributed by atoms with Gasteiger partial charge in [0.15, 0.2) is 5.82 Å². The van der Waals surface area contributed by atoms with Crippen LogP contribution in [0.2, 0.25) is 0 Å². The van der Waals surface area contributed by atoms with Crippen LogP contribution in [0.1, 0.15) is 53.9 Å². The van der Waals surface area contributed by atoms with Crippen LogP contribution in [0, 0.1) is 5.92 Å². The molecule has 1 amide bonds. The van der Waals surface area contributed by atoms with Gasteiger partial charge in [0.2, 0.25) is 0 Å². The first-order valence-electron chi connectivity index (χ1n) is 10.4. The Morgan fingerprint density at radius 1 is 1.03 bits per heavy atom. The van der Waals surface area contributed by atoms with Crippen LogP contribution in [0.25, 0.3) is 5.82 Å². The maximum Gasteiger partial charge on any atom is 0.254 e. The quantitative estimate of drug-likeness (QED) is 0.688. The molecule has 5 rings (SSSR count). The van der Waals surface area contributed by atoms with Crippen LogP contribution in [-0.4, -0.2) is 48.6 Å². The summed E-state index contributed by atoms with van der Waals surface area (Å²) in [7, 11) is 0. The molecule has 1 aliphatic heterocycles. The van der Waals surface area contributed by atoms with Crippen molar-refractivity contribution in [1.29, 1.82) is 0 Å². The molecule has 0 spiro atoms.